The summed E-state index contributed by atoms with van der Waals surface area (Å²) in [4.78, 5) is 3.83. The Hall–Kier alpha value is -3.99. The lowest BCUT2D eigenvalue weighted by atomic mass is 10.1. The third kappa shape index (κ3) is 2.83. The lowest BCUT2D eigenvalue weighted by Gasteiger charge is -2.27. The lowest BCUT2D eigenvalue weighted by molar-refractivity contribution is 0.655. The minimum absolute atomic E-state index is 0.161. The van der Waals surface area contributed by atoms with E-state index in [0.29, 0.717) is 5.56 Å². The molecule has 1 aliphatic rings. The van der Waals surface area contributed by atoms with Gasteiger partial charge in [-0.05, 0) is 43.3 Å². The topological polar surface area (TPSA) is 88.4 Å². The summed E-state index contributed by atoms with van der Waals surface area (Å²) in [7, 11) is 1.81. The van der Waals surface area contributed by atoms with Gasteiger partial charge in [0.2, 0.25) is 0 Å². The van der Waals surface area contributed by atoms with Crippen molar-refractivity contribution in [3.63, 3.8) is 0 Å². The molecule has 0 amide bonds. The van der Waals surface area contributed by atoms with E-state index < -0.39 is 0 Å². The minimum atomic E-state index is 0.161. The molecular weight excluding hydrogens is 376 g/mol. The Morgan fingerprint density at radius 2 is 1.87 bits per heavy atom. The molecule has 0 spiro atoms. The van der Waals surface area contributed by atoms with E-state index >= 15 is 0 Å². The Bertz CT molecular complexity index is 1280. The highest BCUT2D eigenvalue weighted by Gasteiger charge is 2.28. The van der Waals surface area contributed by atoms with Crippen LogP contribution in [0.25, 0.3) is 16.9 Å². The van der Waals surface area contributed by atoms with Crippen molar-refractivity contribution in [2.75, 3.05) is 11.4 Å². The van der Waals surface area contributed by atoms with Crippen LogP contribution in [0.5, 0.6) is 0 Å². The van der Waals surface area contributed by atoms with E-state index in [4.69, 9.17) is 0 Å². The highest BCUT2D eigenvalue weighted by Crippen LogP contribution is 2.40. The molecule has 30 heavy (non-hydrogen) atoms. The lowest BCUT2D eigenvalue weighted by Crippen LogP contribution is -2.22. The third-order valence-electron chi connectivity index (χ3n) is 5.46. The second kappa shape index (κ2) is 6.81. The van der Waals surface area contributed by atoms with Gasteiger partial charge in [-0.15, -0.1) is 10.2 Å². The van der Waals surface area contributed by atoms with Crippen molar-refractivity contribution in [3.8, 4) is 23.0 Å². The fourth-order valence-electron chi connectivity index (χ4n) is 3.98. The summed E-state index contributed by atoms with van der Waals surface area (Å²) < 4.78 is 2.13. The van der Waals surface area contributed by atoms with Crippen LogP contribution in [0.2, 0.25) is 0 Å². The molecule has 0 bridgehead atoms. The van der Waals surface area contributed by atoms with E-state index in [9.17, 15) is 5.26 Å². The maximum atomic E-state index is 9.17. The van der Waals surface area contributed by atoms with Gasteiger partial charge >= 0.3 is 0 Å². The van der Waals surface area contributed by atoms with Gasteiger partial charge in [0.05, 0.1) is 29.2 Å². The van der Waals surface area contributed by atoms with Crippen LogP contribution < -0.4 is 4.90 Å². The standard InChI is InChI=1S/C22H20N8/c1-14-13-29(18-7-4-16(11-23)5-8-18)21-10-17(19-12-24-28(3)27-19)6-9-20(21)30-15(2)25-26-22(14)30/h4-10,12,14H,13H2,1-3H3/t14-/m1/s1. The first kappa shape index (κ1) is 18.1. The van der Waals surface area contributed by atoms with Gasteiger partial charge in [0.25, 0.3) is 0 Å². The predicted octanol–water partition coefficient (Wildman–Crippen LogP) is 3.50. The minimum Gasteiger partial charge on any atom is -0.339 e. The second-order valence-corrected chi connectivity index (χ2v) is 7.53. The van der Waals surface area contributed by atoms with Gasteiger partial charge < -0.3 is 4.90 Å². The Kier molecular flexibility index (Phi) is 4.10. The molecule has 8 nitrogen and oxygen atoms in total. The molecule has 148 valence electrons. The van der Waals surface area contributed by atoms with Crippen LogP contribution in [0.15, 0.2) is 48.7 Å². The first-order valence-electron chi connectivity index (χ1n) is 9.76. The van der Waals surface area contributed by atoms with Crippen LogP contribution in [0.1, 0.15) is 30.1 Å². The van der Waals surface area contributed by atoms with E-state index in [1.54, 1.807) is 11.0 Å². The van der Waals surface area contributed by atoms with Gasteiger partial charge in [0.15, 0.2) is 0 Å². The fraction of sp³-hybridized carbons (Fsp3) is 0.227. The number of nitrogens with zero attached hydrogens (tertiary/aromatic N) is 8. The number of hydrogen-bond acceptors (Lipinski definition) is 6. The molecule has 1 aliphatic heterocycles. The first-order chi connectivity index (χ1) is 14.5. The molecule has 4 aromatic rings. The average Bonchev–Trinajstić information content (AvgIpc) is 3.34. The van der Waals surface area contributed by atoms with Crippen LogP contribution in [-0.4, -0.2) is 36.3 Å². The van der Waals surface area contributed by atoms with Crippen LogP contribution in [0.4, 0.5) is 11.4 Å². The maximum absolute atomic E-state index is 9.17. The van der Waals surface area contributed by atoms with Crippen LogP contribution in [0.3, 0.4) is 0 Å². The SMILES string of the molecule is Cc1nnc2n1-c1ccc(-c3cnn(C)n3)cc1N(c1ccc(C#N)cc1)C[C@H]2C. The van der Waals surface area contributed by atoms with Crippen LogP contribution >= 0.6 is 0 Å². The van der Waals surface area contributed by atoms with Crippen molar-refractivity contribution in [2.24, 2.45) is 7.05 Å². The number of rotatable bonds is 2. The highest BCUT2D eigenvalue weighted by molar-refractivity contribution is 5.78. The molecule has 2 aromatic heterocycles. The molecule has 8 heteroatoms. The van der Waals surface area contributed by atoms with Crippen molar-refractivity contribution >= 4 is 11.4 Å². The van der Waals surface area contributed by atoms with Crippen molar-refractivity contribution in [3.05, 3.63) is 65.9 Å². The van der Waals surface area contributed by atoms with Gasteiger partial charge in [-0.2, -0.15) is 20.3 Å². The van der Waals surface area contributed by atoms with E-state index in [2.05, 4.69) is 61.1 Å². The predicted molar refractivity (Wildman–Crippen MR) is 113 cm³/mol. The molecule has 1 atom stereocenters. The van der Waals surface area contributed by atoms with Gasteiger partial charge in [-0.25, -0.2) is 0 Å². The van der Waals surface area contributed by atoms with E-state index in [1.165, 1.54) is 0 Å². The summed E-state index contributed by atoms with van der Waals surface area (Å²) in [5.41, 5.74) is 5.53. The molecular formula is C22H20N8. The smallest absolute Gasteiger partial charge is 0.142 e. The van der Waals surface area contributed by atoms with E-state index in [-0.39, 0.29) is 5.92 Å². The number of nitriles is 1. The summed E-state index contributed by atoms with van der Waals surface area (Å²) in [6.45, 7) is 4.87. The van der Waals surface area contributed by atoms with Crippen molar-refractivity contribution in [1.29, 1.82) is 5.26 Å². The number of anilines is 2. The Morgan fingerprint density at radius 1 is 1.07 bits per heavy atom. The highest BCUT2D eigenvalue weighted by atomic mass is 15.4. The summed E-state index contributed by atoms with van der Waals surface area (Å²) in [6.07, 6.45) is 1.77. The molecule has 0 unspecified atom stereocenters. The maximum Gasteiger partial charge on any atom is 0.142 e. The third-order valence-corrected chi connectivity index (χ3v) is 5.46. The number of hydrogen-bond donors (Lipinski definition) is 0. The largest absolute Gasteiger partial charge is 0.339 e. The van der Waals surface area contributed by atoms with Crippen LogP contribution in [0, 0.1) is 18.3 Å². The molecule has 0 aliphatic carbocycles. The summed E-state index contributed by atoms with van der Waals surface area (Å²) in [6, 6.07) is 16.2. The van der Waals surface area contributed by atoms with Gasteiger partial charge in [0, 0.05) is 30.8 Å². The quantitative estimate of drug-likeness (QED) is 0.515. The zero-order valence-electron chi connectivity index (χ0n) is 17.0. The zero-order valence-corrected chi connectivity index (χ0v) is 17.0. The molecule has 0 N–H and O–H groups in total. The fourth-order valence-corrected chi connectivity index (χ4v) is 3.98. The summed E-state index contributed by atoms with van der Waals surface area (Å²) >= 11 is 0. The number of aryl methyl sites for hydroxylation is 2. The summed E-state index contributed by atoms with van der Waals surface area (Å²) in [5, 5.41) is 26.6. The van der Waals surface area contributed by atoms with Crippen molar-refractivity contribution in [2.45, 2.75) is 19.8 Å². The monoisotopic (exact) mass is 396 g/mol. The van der Waals surface area contributed by atoms with Crippen molar-refractivity contribution < 1.29 is 0 Å². The molecule has 0 radical (unpaired) electrons. The number of benzene rings is 2. The Labute approximate surface area is 174 Å². The molecule has 0 saturated carbocycles. The first-order valence-corrected chi connectivity index (χ1v) is 9.76. The summed E-state index contributed by atoms with van der Waals surface area (Å²) in [5.74, 6) is 1.96. The zero-order chi connectivity index (χ0) is 20.8. The Balaban J connectivity index is 1.73. The second-order valence-electron chi connectivity index (χ2n) is 7.53. The van der Waals surface area contributed by atoms with Gasteiger partial charge in [0.1, 0.15) is 17.3 Å². The van der Waals surface area contributed by atoms with Crippen molar-refractivity contribution in [1.82, 2.24) is 29.8 Å². The molecule has 0 fully saturated rings. The molecule has 3 heterocycles. The molecule has 2 aromatic carbocycles. The molecule has 5 rings (SSSR count). The van der Waals surface area contributed by atoms with Crippen LogP contribution in [-0.2, 0) is 7.05 Å². The van der Waals surface area contributed by atoms with Gasteiger partial charge in [-0.3, -0.25) is 4.57 Å². The number of fused-ring (bicyclic) bond motifs is 3. The van der Waals surface area contributed by atoms with E-state index in [1.807, 2.05) is 38.2 Å². The van der Waals surface area contributed by atoms with E-state index in [0.717, 1.165) is 46.5 Å². The average molecular weight is 396 g/mol. The Morgan fingerprint density at radius 3 is 2.57 bits per heavy atom. The number of aromatic nitrogens is 6. The van der Waals surface area contributed by atoms with Gasteiger partial charge in [-0.1, -0.05) is 13.0 Å². The molecule has 0 saturated heterocycles. The normalized spacial score (nSPS) is 15.3.